The molecule has 1 aliphatic rings. The molecule has 3 aromatic rings. The second kappa shape index (κ2) is 12.6. The van der Waals surface area contributed by atoms with Gasteiger partial charge in [0.15, 0.2) is 0 Å². The number of nitrogens with one attached hydrogen (secondary N) is 1. The summed E-state index contributed by atoms with van der Waals surface area (Å²) in [6.07, 6.45) is 0.897. The van der Waals surface area contributed by atoms with Crippen LogP contribution in [0.25, 0.3) is 0 Å². The molecule has 0 saturated carbocycles. The molecule has 2 amide bonds. The van der Waals surface area contributed by atoms with Crippen LogP contribution >= 0.6 is 15.9 Å². The first-order chi connectivity index (χ1) is 16.7. The number of hydrogen-bond acceptors (Lipinski definition) is 4. The predicted octanol–water partition coefficient (Wildman–Crippen LogP) is 6.00. The van der Waals surface area contributed by atoms with Crippen molar-refractivity contribution in [1.82, 2.24) is 9.80 Å². The van der Waals surface area contributed by atoms with Gasteiger partial charge in [-0.05, 0) is 60.5 Å². The van der Waals surface area contributed by atoms with E-state index in [1.807, 2.05) is 83.8 Å². The van der Waals surface area contributed by atoms with Crippen molar-refractivity contribution in [1.29, 1.82) is 0 Å². The Balaban J connectivity index is 1.42. The fourth-order valence-electron chi connectivity index (χ4n) is 3.85. The first kappa shape index (κ1) is 24.3. The van der Waals surface area contributed by atoms with Gasteiger partial charge in [-0.25, -0.2) is 4.79 Å². The van der Waals surface area contributed by atoms with Gasteiger partial charge in [0.1, 0.15) is 11.5 Å². The zero-order valence-electron chi connectivity index (χ0n) is 19.2. The summed E-state index contributed by atoms with van der Waals surface area (Å²) >= 11 is 3.44. The van der Waals surface area contributed by atoms with Gasteiger partial charge >= 0.3 is 6.03 Å². The Hall–Kier alpha value is -2.87. The van der Waals surface area contributed by atoms with Crippen LogP contribution in [0.3, 0.4) is 0 Å². The van der Waals surface area contributed by atoms with Crippen molar-refractivity contribution in [2.45, 2.75) is 13.0 Å². The number of benzene rings is 3. The number of rotatable bonds is 9. The summed E-state index contributed by atoms with van der Waals surface area (Å²) < 4.78 is 12.4. The van der Waals surface area contributed by atoms with Gasteiger partial charge in [-0.2, -0.15) is 0 Å². The van der Waals surface area contributed by atoms with Crippen LogP contribution in [0, 0.1) is 0 Å². The molecule has 1 fully saturated rings. The Morgan fingerprint density at radius 3 is 2.47 bits per heavy atom. The van der Waals surface area contributed by atoms with Gasteiger partial charge < -0.3 is 19.7 Å². The highest BCUT2D eigenvalue weighted by molar-refractivity contribution is 9.10. The third kappa shape index (κ3) is 7.58. The molecule has 7 heteroatoms. The zero-order valence-corrected chi connectivity index (χ0v) is 20.7. The van der Waals surface area contributed by atoms with E-state index in [2.05, 4.69) is 26.1 Å². The minimum atomic E-state index is -0.112. The topological polar surface area (TPSA) is 54.0 Å². The van der Waals surface area contributed by atoms with E-state index in [1.165, 1.54) is 0 Å². The Bertz CT molecular complexity index is 1040. The summed E-state index contributed by atoms with van der Waals surface area (Å²) in [6.45, 7) is 5.56. The number of nitrogens with zero attached hydrogens (tertiary/aromatic N) is 2. The lowest BCUT2D eigenvalue weighted by atomic mass is 10.2. The molecule has 0 aliphatic carbocycles. The maximum atomic E-state index is 13.2. The van der Waals surface area contributed by atoms with E-state index in [4.69, 9.17) is 9.47 Å². The van der Waals surface area contributed by atoms with E-state index in [-0.39, 0.29) is 6.03 Å². The first-order valence-electron chi connectivity index (χ1n) is 11.6. The van der Waals surface area contributed by atoms with Crippen LogP contribution < -0.4 is 10.1 Å². The maximum Gasteiger partial charge on any atom is 0.322 e. The lowest BCUT2D eigenvalue weighted by Gasteiger charge is -2.28. The number of urea groups is 1. The van der Waals surface area contributed by atoms with Gasteiger partial charge in [0.05, 0.1) is 13.2 Å². The number of carbonyl (C=O) groups excluding carboxylic acids is 1. The molecular formula is C27H30BrN3O3. The van der Waals surface area contributed by atoms with E-state index in [0.717, 1.165) is 66.5 Å². The normalized spacial score (nSPS) is 13.9. The Morgan fingerprint density at radius 1 is 0.971 bits per heavy atom. The van der Waals surface area contributed by atoms with Gasteiger partial charge in [0, 0.05) is 42.9 Å². The Morgan fingerprint density at radius 2 is 1.71 bits per heavy atom. The third-order valence-electron chi connectivity index (χ3n) is 5.64. The fourth-order valence-corrected chi connectivity index (χ4v) is 4.11. The van der Waals surface area contributed by atoms with Crippen LogP contribution in [0.4, 0.5) is 10.5 Å². The predicted molar refractivity (Wildman–Crippen MR) is 138 cm³/mol. The Labute approximate surface area is 209 Å². The summed E-state index contributed by atoms with van der Waals surface area (Å²) in [5.74, 6) is 1.54. The largest absolute Gasteiger partial charge is 0.457 e. The number of hydrogen-bond donors (Lipinski definition) is 1. The molecule has 0 spiro atoms. The second-order valence-corrected chi connectivity index (χ2v) is 9.14. The molecule has 34 heavy (non-hydrogen) atoms. The SMILES string of the molecule is O=C(Nc1ccc(Br)cc1)N(CCCN1CCOCC1)Cc1cccc(Oc2ccccc2)c1. The number of morpholine rings is 1. The summed E-state index contributed by atoms with van der Waals surface area (Å²) in [5.41, 5.74) is 1.79. The Kier molecular flexibility index (Phi) is 8.96. The highest BCUT2D eigenvalue weighted by Gasteiger charge is 2.16. The number of para-hydroxylation sites is 1. The van der Waals surface area contributed by atoms with Crippen LogP contribution in [-0.4, -0.2) is 55.2 Å². The third-order valence-corrected chi connectivity index (χ3v) is 6.17. The molecule has 1 saturated heterocycles. The number of amides is 2. The van der Waals surface area contributed by atoms with Crippen molar-refractivity contribution in [2.24, 2.45) is 0 Å². The zero-order chi connectivity index (χ0) is 23.6. The average Bonchev–Trinajstić information content (AvgIpc) is 2.86. The minimum Gasteiger partial charge on any atom is -0.457 e. The van der Waals surface area contributed by atoms with Crippen molar-refractivity contribution >= 4 is 27.6 Å². The number of anilines is 1. The summed E-state index contributed by atoms with van der Waals surface area (Å²) in [4.78, 5) is 17.5. The van der Waals surface area contributed by atoms with Gasteiger partial charge in [0.2, 0.25) is 0 Å². The van der Waals surface area contributed by atoms with Crippen LogP contribution in [0.1, 0.15) is 12.0 Å². The lowest BCUT2D eigenvalue weighted by Crippen LogP contribution is -2.40. The van der Waals surface area contributed by atoms with E-state index < -0.39 is 0 Å². The quantitative estimate of drug-likeness (QED) is 0.373. The standard InChI is InChI=1S/C27H30BrN3O3/c28-23-10-12-24(13-11-23)29-27(32)31(15-5-14-30-16-18-33-19-17-30)21-22-6-4-9-26(20-22)34-25-7-2-1-3-8-25/h1-4,6-13,20H,5,14-19,21H2,(H,29,32). The molecular weight excluding hydrogens is 494 g/mol. The number of ether oxygens (including phenoxy) is 2. The number of halogens is 1. The molecule has 178 valence electrons. The van der Waals surface area contributed by atoms with Crippen molar-refractivity contribution in [3.63, 3.8) is 0 Å². The van der Waals surface area contributed by atoms with Crippen LogP contribution in [0.2, 0.25) is 0 Å². The highest BCUT2D eigenvalue weighted by Crippen LogP contribution is 2.23. The molecule has 3 aromatic carbocycles. The molecule has 1 N–H and O–H groups in total. The van der Waals surface area contributed by atoms with E-state index in [0.29, 0.717) is 13.1 Å². The molecule has 0 radical (unpaired) electrons. The molecule has 0 aromatic heterocycles. The fraction of sp³-hybridized carbons (Fsp3) is 0.296. The van der Waals surface area contributed by atoms with Gasteiger partial charge in [-0.1, -0.05) is 46.3 Å². The minimum absolute atomic E-state index is 0.112. The van der Waals surface area contributed by atoms with E-state index >= 15 is 0 Å². The average molecular weight is 524 g/mol. The monoisotopic (exact) mass is 523 g/mol. The van der Waals surface area contributed by atoms with E-state index in [9.17, 15) is 4.79 Å². The van der Waals surface area contributed by atoms with Crippen molar-refractivity contribution < 1.29 is 14.3 Å². The summed E-state index contributed by atoms with van der Waals surface area (Å²) in [5, 5.41) is 3.03. The molecule has 0 unspecified atom stereocenters. The smallest absolute Gasteiger partial charge is 0.322 e. The molecule has 0 bridgehead atoms. The number of carbonyl (C=O) groups is 1. The van der Waals surface area contributed by atoms with Crippen molar-refractivity contribution in [3.05, 3.63) is 88.9 Å². The summed E-state index contributed by atoms with van der Waals surface area (Å²) in [6, 6.07) is 25.1. The first-order valence-corrected chi connectivity index (χ1v) is 12.4. The highest BCUT2D eigenvalue weighted by atomic mass is 79.9. The molecule has 6 nitrogen and oxygen atoms in total. The maximum absolute atomic E-state index is 13.2. The van der Waals surface area contributed by atoms with Crippen LogP contribution in [0.5, 0.6) is 11.5 Å². The van der Waals surface area contributed by atoms with Gasteiger partial charge in [-0.3, -0.25) is 4.90 Å². The van der Waals surface area contributed by atoms with Gasteiger partial charge in [-0.15, -0.1) is 0 Å². The van der Waals surface area contributed by atoms with Gasteiger partial charge in [0.25, 0.3) is 0 Å². The van der Waals surface area contributed by atoms with Crippen molar-refractivity contribution in [2.75, 3.05) is 44.7 Å². The van der Waals surface area contributed by atoms with E-state index in [1.54, 1.807) is 0 Å². The van der Waals surface area contributed by atoms with Crippen LogP contribution in [-0.2, 0) is 11.3 Å². The van der Waals surface area contributed by atoms with Crippen LogP contribution in [0.15, 0.2) is 83.3 Å². The second-order valence-electron chi connectivity index (χ2n) is 8.23. The van der Waals surface area contributed by atoms with Crippen molar-refractivity contribution in [3.8, 4) is 11.5 Å². The molecule has 4 rings (SSSR count). The molecule has 1 heterocycles. The lowest BCUT2D eigenvalue weighted by molar-refractivity contribution is 0.0365. The summed E-state index contributed by atoms with van der Waals surface area (Å²) in [7, 11) is 0. The molecule has 0 atom stereocenters. The molecule has 1 aliphatic heterocycles.